The molecule has 4 nitrogen and oxygen atoms in total. The molecular formula is C14H22N2O2S. The van der Waals surface area contributed by atoms with Gasteiger partial charge in [0.05, 0.1) is 10.9 Å². The first-order valence-corrected chi connectivity index (χ1v) is 8.40. The Labute approximate surface area is 115 Å². The van der Waals surface area contributed by atoms with E-state index in [1.807, 2.05) is 32.0 Å². The van der Waals surface area contributed by atoms with Crippen LogP contribution in [0.2, 0.25) is 0 Å². The van der Waals surface area contributed by atoms with Crippen LogP contribution in [0.3, 0.4) is 0 Å². The number of sulfonamides is 1. The highest BCUT2D eigenvalue weighted by Gasteiger charge is 2.27. The zero-order chi connectivity index (χ0) is 13.9. The van der Waals surface area contributed by atoms with Crippen molar-refractivity contribution >= 4 is 15.7 Å². The molecule has 2 rings (SSSR count). The summed E-state index contributed by atoms with van der Waals surface area (Å²) in [7, 11) is -3.30. The summed E-state index contributed by atoms with van der Waals surface area (Å²) < 4.78 is 27.7. The first-order chi connectivity index (χ1) is 9.04. The molecule has 0 aliphatic carbocycles. The highest BCUT2D eigenvalue weighted by molar-refractivity contribution is 7.93. The second-order valence-corrected chi connectivity index (χ2v) is 7.04. The van der Waals surface area contributed by atoms with Crippen molar-refractivity contribution in [3.63, 3.8) is 0 Å². The molecule has 2 N–H and O–H groups in total. The molecule has 1 fully saturated rings. The molecule has 1 aromatic rings. The second-order valence-electron chi connectivity index (χ2n) is 5.08. The number of piperidine rings is 1. The van der Waals surface area contributed by atoms with E-state index in [0.717, 1.165) is 42.6 Å². The summed E-state index contributed by atoms with van der Waals surface area (Å²) in [6, 6.07) is 5.88. The summed E-state index contributed by atoms with van der Waals surface area (Å²) in [4.78, 5) is 0. The summed E-state index contributed by atoms with van der Waals surface area (Å²) in [5.74, 6) is 0. The average molecular weight is 282 g/mol. The number of para-hydroxylation sites is 1. The maximum Gasteiger partial charge on any atom is 0.236 e. The minimum absolute atomic E-state index is 0.328. The van der Waals surface area contributed by atoms with Gasteiger partial charge in [0.2, 0.25) is 10.0 Å². The van der Waals surface area contributed by atoms with Gasteiger partial charge in [0, 0.05) is 6.54 Å². The molecule has 106 valence electrons. The van der Waals surface area contributed by atoms with E-state index in [2.05, 4.69) is 10.0 Å². The summed E-state index contributed by atoms with van der Waals surface area (Å²) >= 11 is 0. The first kappa shape index (κ1) is 14.3. The molecule has 0 aromatic heterocycles. The van der Waals surface area contributed by atoms with Crippen LogP contribution in [-0.4, -0.2) is 26.8 Å². The van der Waals surface area contributed by atoms with E-state index in [1.165, 1.54) is 0 Å². The fraction of sp³-hybridized carbons (Fsp3) is 0.571. The Morgan fingerprint density at radius 1 is 1.42 bits per heavy atom. The smallest absolute Gasteiger partial charge is 0.236 e. The molecule has 5 heteroatoms. The second kappa shape index (κ2) is 5.92. The Morgan fingerprint density at radius 2 is 2.21 bits per heavy atom. The maximum absolute atomic E-state index is 12.4. The molecule has 1 aliphatic rings. The van der Waals surface area contributed by atoms with Crippen molar-refractivity contribution < 1.29 is 8.42 Å². The first-order valence-electron chi connectivity index (χ1n) is 6.85. The van der Waals surface area contributed by atoms with Gasteiger partial charge in [0.1, 0.15) is 0 Å². The lowest BCUT2D eigenvalue weighted by Crippen LogP contribution is -2.41. The number of nitrogens with one attached hydrogen (secondary N) is 2. The lowest BCUT2D eigenvalue weighted by atomic mass is 10.1. The fourth-order valence-corrected chi connectivity index (χ4v) is 4.04. The molecule has 1 unspecified atom stereocenters. The number of benzene rings is 1. The van der Waals surface area contributed by atoms with Gasteiger partial charge in [-0.15, -0.1) is 0 Å². The van der Waals surface area contributed by atoms with Gasteiger partial charge in [-0.2, -0.15) is 0 Å². The van der Waals surface area contributed by atoms with E-state index in [0.29, 0.717) is 6.54 Å². The Morgan fingerprint density at radius 3 is 2.84 bits per heavy atom. The van der Waals surface area contributed by atoms with E-state index in [1.54, 1.807) is 0 Å². The molecule has 1 aliphatic heterocycles. The van der Waals surface area contributed by atoms with Crippen LogP contribution in [0.5, 0.6) is 0 Å². The van der Waals surface area contributed by atoms with Gasteiger partial charge in [0.25, 0.3) is 0 Å². The van der Waals surface area contributed by atoms with Gasteiger partial charge in [0.15, 0.2) is 0 Å². The van der Waals surface area contributed by atoms with Crippen LogP contribution in [-0.2, 0) is 16.4 Å². The van der Waals surface area contributed by atoms with Crippen molar-refractivity contribution in [1.29, 1.82) is 0 Å². The van der Waals surface area contributed by atoms with Crippen molar-refractivity contribution in [2.24, 2.45) is 0 Å². The lowest BCUT2D eigenvalue weighted by Gasteiger charge is -2.24. The van der Waals surface area contributed by atoms with E-state index < -0.39 is 10.0 Å². The SMILES string of the molecule is CCc1cccc(C)c1NS(=O)(=O)C1CCCNC1. The van der Waals surface area contributed by atoms with Crippen molar-refractivity contribution in [3.05, 3.63) is 29.3 Å². The maximum atomic E-state index is 12.4. The standard InChI is InChI=1S/C14H22N2O2S/c1-3-12-7-4-6-11(2)14(12)16-19(17,18)13-8-5-9-15-10-13/h4,6-7,13,15-16H,3,5,8-10H2,1-2H3. The van der Waals surface area contributed by atoms with Gasteiger partial charge >= 0.3 is 0 Å². The number of aryl methyl sites for hydroxylation is 2. The minimum atomic E-state index is -3.30. The molecule has 1 heterocycles. The fourth-order valence-electron chi connectivity index (χ4n) is 2.48. The molecule has 1 atom stereocenters. The Kier molecular flexibility index (Phi) is 4.47. The summed E-state index contributed by atoms with van der Waals surface area (Å²) in [5.41, 5.74) is 2.79. The molecule has 0 radical (unpaired) electrons. The Balaban J connectivity index is 2.24. The number of hydrogen-bond acceptors (Lipinski definition) is 3. The van der Waals surface area contributed by atoms with E-state index in [9.17, 15) is 8.42 Å². The molecule has 1 saturated heterocycles. The Hall–Kier alpha value is -1.07. The zero-order valence-electron chi connectivity index (χ0n) is 11.6. The summed E-state index contributed by atoms with van der Waals surface area (Å²) in [6.07, 6.45) is 2.47. The number of rotatable bonds is 4. The summed E-state index contributed by atoms with van der Waals surface area (Å²) in [5, 5.41) is 2.82. The van der Waals surface area contributed by atoms with Crippen LogP contribution in [0.4, 0.5) is 5.69 Å². The number of anilines is 1. The van der Waals surface area contributed by atoms with Crippen molar-refractivity contribution in [2.45, 2.75) is 38.4 Å². The van der Waals surface area contributed by atoms with Gasteiger partial charge in [-0.3, -0.25) is 4.72 Å². The van der Waals surface area contributed by atoms with E-state index >= 15 is 0 Å². The van der Waals surface area contributed by atoms with Gasteiger partial charge < -0.3 is 5.32 Å². The predicted molar refractivity (Wildman–Crippen MR) is 79.0 cm³/mol. The largest absolute Gasteiger partial charge is 0.315 e. The number of hydrogen-bond donors (Lipinski definition) is 2. The van der Waals surface area contributed by atoms with E-state index in [-0.39, 0.29) is 5.25 Å². The van der Waals surface area contributed by atoms with Crippen molar-refractivity contribution in [1.82, 2.24) is 5.32 Å². The third-order valence-corrected chi connectivity index (χ3v) is 5.44. The van der Waals surface area contributed by atoms with Crippen LogP contribution in [0, 0.1) is 6.92 Å². The van der Waals surface area contributed by atoms with Gasteiger partial charge in [-0.1, -0.05) is 25.1 Å². The Bertz CT molecular complexity index is 534. The average Bonchev–Trinajstić information content (AvgIpc) is 2.42. The molecule has 1 aromatic carbocycles. The third-order valence-electron chi connectivity index (χ3n) is 3.67. The zero-order valence-corrected chi connectivity index (χ0v) is 12.4. The highest BCUT2D eigenvalue weighted by Crippen LogP contribution is 2.24. The highest BCUT2D eigenvalue weighted by atomic mass is 32.2. The molecular weight excluding hydrogens is 260 g/mol. The monoisotopic (exact) mass is 282 g/mol. The van der Waals surface area contributed by atoms with Gasteiger partial charge in [-0.05, 0) is 43.9 Å². The van der Waals surface area contributed by atoms with Crippen molar-refractivity contribution in [3.8, 4) is 0 Å². The molecule has 0 saturated carbocycles. The van der Waals surface area contributed by atoms with Crippen LogP contribution in [0.1, 0.15) is 30.9 Å². The van der Waals surface area contributed by atoms with Crippen molar-refractivity contribution in [2.75, 3.05) is 17.8 Å². The molecule has 19 heavy (non-hydrogen) atoms. The quantitative estimate of drug-likeness (QED) is 0.888. The van der Waals surface area contributed by atoms with Crippen LogP contribution < -0.4 is 10.0 Å². The molecule has 0 spiro atoms. The minimum Gasteiger partial charge on any atom is -0.315 e. The van der Waals surface area contributed by atoms with Crippen LogP contribution in [0.15, 0.2) is 18.2 Å². The van der Waals surface area contributed by atoms with Crippen LogP contribution >= 0.6 is 0 Å². The molecule has 0 amide bonds. The van der Waals surface area contributed by atoms with Crippen LogP contribution in [0.25, 0.3) is 0 Å². The lowest BCUT2D eigenvalue weighted by molar-refractivity contribution is 0.499. The normalized spacial score (nSPS) is 20.2. The van der Waals surface area contributed by atoms with E-state index in [4.69, 9.17) is 0 Å². The third kappa shape index (κ3) is 3.28. The topological polar surface area (TPSA) is 58.2 Å². The molecule has 0 bridgehead atoms. The predicted octanol–water partition coefficient (Wildman–Crippen LogP) is 2.05. The summed E-state index contributed by atoms with van der Waals surface area (Å²) in [6.45, 7) is 5.43. The van der Waals surface area contributed by atoms with Gasteiger partial charge in [-0.25, -0.2) is 8.42 Å².